The maximum Gasteiger partial charge on any atom is 0.336 e. The van der Waals surface area contributed by atoms with Crippen LogP contribution in [0.1, 0.15) is 16.7 Å². The highest BCUT2D eigenvalue weighted by atomic mass is 32.2. The van der Waals surface area contributed by atoms with E-state index in [4.69, 9.17) is 4.42 Å². The van der Waals surface area contributed by atoms with Crippen molar-refractivity contribution in [2.24, 2.45) is 0 Å². The summed E-state index contributed by atoms with van der Waals surface area (Å²) in [5.41, 5.74) is 4.31. The van der Waals surface area contributed by atoms with E-state index in [1.807, 2.05) is 44.2 Å². The first-order valence-corrected chi connectivity index (χ1v) is 10.5. The normalized spacial score (nSPS) is 11.4. The van der Waals surface area contributed by atoms with E-state index in [1.165, 1.54) is 11.8 Å². The second kappa shape index (κ2) is 7.42. The average Bonchev–Trinajstić information content (AvgIpc) is 3.21. The van der Waals surface area contributed by atoms with Crippen LogP contribution in [0, 0.1) is 13.8 Å². The molecule has 7 heteroatoms. The number of rotatable bonds is 4. The molecule has 6 nitrogen and oxygen atoms in total. The molecule has 0 bridgehead atoms. The van der Waals surface area contributed by atoms with Crippen molar-refractivity contribution < 1.29 is 4.42 Å². The van der Waals surface area contributed by atoms with Gasteiger partial charge < -0.3 is 4.42 Å². The van der Waals surface area contributed by atoms with Crippen LogP contribution in [0.5, 0.6) is 0 Å². The first kappa shape index (κ1) is 18.6. The molecule has 30 heavy (non-hydrogen) atoms. The molecule has 0 aliphatic rings. The molecular formula is C23H18N4O2S. The van der Waals surface area contributed by atoms with E-state index in [0.717, 1.165) is 38.5 Å². The third kappa shape index (κ3) is 3.27. The Kier molecular flexibility index (Phi) is 4.59. The van der Waals surface area contributed by atoms with Gasteiger partial charge in [0.25, 0.3) is 0 Å². The van der Waals surface area contributed by atoms with E-state index < -0.39 is 0 Å². The summed E-state index contributed by atoms with van der Waals surface area (Å²) in [4.78, 5) is 12.2. The van der Waals surface area contributed by atoms with Crippen LogP contribution in [0.4, 0.5) is 0 Å². The number of benzene rings is 3. The van der Waals surface area contributed by atoms with Crippen molar-refractivity contribution in [3.05, 3.63) is 87.8 Å². The van der Waals surface area contributed by atoms with Crippen LogP contribution in [-0.4, -0.2) is 20.2 Å². The van der Waals surface area contributed by atoms with Gasteiger partial charge in [0.05, 0.1) is 5.69 Å². The molecule has 5 aromatic rings. The fourth-order valence-electron chi connectivity index (χ4n) is 3.64. The number of fused-ring (bicyclic) bond motifs is 3. The zero-order valence-electron chi connectivity index (χ0n) is 16.5. The summed E-state index contributed by atoms with van der Waals surface area (Å²) in [7, 11) is 0. The average molecular weight is 414 g/mol. The summed E-state index contributed by atoms with van der Waals surface area (Å²) in [6, 6.07) is 19.7. The van der Waals surface area contributed by atoms with Gasteiger partial charge in [-0.25, -0.2) is 4.79 Å². The van der Waals surface area contributed by atoms with E-state index in [0.29, 0.717) is 16.5 Å². The lowest BCUT2D eigenvalue weighted by Crippen LogP contribution is -2.03. The molecule has 0 atom stereocenters. The van der Waals surface area contributed by atoms with Crippen molar-refractivity contribution in [3.63, 3.8) is 0 Å². The molecule has 0 spiro atoms. The van der Waals surface area contributed by atoms with Gasteiger partial charge in [0, 0.05) is 17.2 Å². The Labute approximate surface area is 176 Å². The minimum atomic E-state index is -0.359. The van der Waals surface area contributed by atoms with Crippen molar-refractivity contribution in [1.29, 1.82) is 0 Å². The van der Waals surface area contributed by atoms with Crippen molar-refractivity contribution in [2.45, 2.75) is 24.8 Å². The lowest BCUT2D eigenvalue weighted by molar-refractivity contribution is 0.560. The van der Waals surface area contributed by atoms with Crippen LogP contribution in [0.3, 0.4) is 0 Å². The number of hydrogen-bond acceptors (Lipinski definition) is 6. The van der Waals surface area contributed by atoms with Gasteiger partial charge in [0.1, 0.15) is 5.58 Å². The Balaban J connectivity index is 1.57. The van der Waals surface area contributed by atoms with Crippen LogP contribution in [0.2, 0.25) is 0 Å². The fourth-order valence-corrected chi connectivity index (χ4v) is 4.51. The Morgan fingerprint density at radius 1 is 1.03 bits per heavy atom. The molecule has 3 aromatic carbocycles. The molecule has 0 aliphatic heterocycles. The maximum absolute atomic E-state index is 12.2. The molecule has 0 amide bonds. The highest BCUT2D eigenvalue weighted by Crippen LogP contribution is 2.31. The lowest BCUT2D eigenvalue weighted by Gasteiger charge is -2.10. The minimum Gasteiger partial charge on any atom is -0.423 e. The molecule has 0 fully saturated rings. The molecule has 0 radical (unpaired) electrons. The summed E-state index contributed by atoms with van der Waals surface area (Å²) in [5.74, 6) is 0.543. The van der Waals surface area contributed by atoms with Crippen LogP contribution in [0.25, 0.3) is 27.4 Å². The molecule has 2 heterocycles. The molecule has 148 valence electrons. The predicted octanol–water partition coefficient (Wildman–Crippen LogP) is 4.83. The molecule has 0 N–H and O–H groups in total. The lowest BCUT2D eigenvalue weighted by atomic mass is 10.0. The van der Waals surface area contributed by atoms with Gasteiger partial charge in [0.2, 0.25) is 5.16 Å². The summed E-state index contributed by atoms with van der Waals surface area (Å²) in [6.07, 6.45) is 0. The van der Waals surface area contributed by atoms with Gasteiger partial charge >= 0.3 is 5.63 Å². The number of aryl methyl sites for hydroxylation is 2. The number of nitrogens with zero attached hydrogens (tertiary/aromatic N) is 4. The van der Waals surface area contributed by atoms with Crippen LogP contribution in [0.15, 0.2) is 75.0 Å². The topological polar surface area (TPSA) is 73.8 Å². The van der Waals surface area contributed by atoms with Gasteiger partial charge in [-0.3, -0.25) is 0 Å². The number of thioether (sulfide) groups is 1. The molecule has 0 saturated heterocycles. The van der Waals surface area contributed by atoms with Gasteiger partial charge in [-0.1, -0.05) is 54.2 Å². The van der Waals surface area contributed by atoms with Gasteiger partial charge in [-0.05, 0) is 63.9 Å². The highest BCUT2D eigenvalue weighted by molar-refractivity contribution is 7.98. The molecule has 0 unspecified atom stereocenters. The summed E-state index contributed by atoms with van der Waals surface area (Å²) in [5, 5.41) is 16.0. The van der Waals surface area contributed by atoms with Gasteiger partial charge in [-0.15, -0.1) is 5.10 Å². The third-order valence-corrected chi connectivity index (χ3v) is 6.07. The van der Waals surface area contributed by atoms with Crippen molar-refractivity contribution >= 4 is 33.5 Å². The zero-order chi connectivity index (χ0) is 20.7. The third-order valence-electron chi connectivity index (χ3n) is 5.11. The minimum absolute atomic E-state index is 0.359. The Morgan fingerprint density at radius 3 is 2.80 bits per heavy atom. The van der Waals surface area contributed by atoms with E-state index in [1.54, 1.807) is 10.7 Å². The smallest absolute Gasteiger partial charge is 0.336 e. The summed E-state index contributed by atoms with van der Waals surface area (Å²) in [6.45, 7) is 4.08. The monoisotopic (exact) mass is 414 g/mol. The van der Waals surface area contributed by atoms with Crippen LogP contribution >= 0.6 is 11.8 Å². The molecule has 0 saturated carbocycles. The van der Waals surface area contributed by atoms with Gasteiger partial charge in [0.15, 0.2) is 0 Å². The summed E-state index contributed by atoms with van der Waals surface area (Å²) >= 11 is 1.49. The standard InChI is InChI=1S/C23H18N4O2S/c1-14-7-8-15(2)19(11-14)27-23(24-25-26-27)30-13-17-12-21(28)29-20-10-9-16-5-3-4-6-18(16)22(17)20/h3-12H,13H2,1-2H3. The van der Waals surface area contributed by atoms with Crippen LogP contribution in [-0.2, 0) is 5.75 Å². The molecule has 2 aromatic heterocycles. The molecule has 5 rings (SSSR count). The predicted molar refractivity (Wildman–Crippen MR) is 118 cm³/mol. The van der Waals surface area contributed by atoms with Gasteiger partial charge in [-0.2, -0.15) is 4.68 Å². The number of tetrazole rings is 1. The second-order valence-corrected chi connectivity index (χ2v) is 8.14. The Bertz CT molecular complexity index is 1460. The largest absolute Gasteiger partial charge is 0.423 e. The number of aromatic nitrogens is 4. The fraction of sp³-hybridized carbons (Fsp3) is 0.130. The SMILES string of the molecule is Cc1ccc(C)c(-n2nnnc2SCc2cc(=O)oc3ccc4ccccc4c23)c1. The van der Waals surface area contributed by atoms with E-state index in [9.17, 15) is 4.79 Å². The van der Waals surface area contributed by atoms with Crippen molar-refractivity contribution in [2.75, 3.05) is 0 Å². The first-order valence-electron chi connectivity index (χ1n) is 9.53. The molecule has 0 aliphatic carbocycles. The first-order chi connectivity index (χ1) is 14.6. The summed E-state index contributed by atoms with van der Waals surface area (Å²) < 4.78 is 7.21. The second-order valence-electron chi connectivity index (χ2n) is 7.20. The maximum atomic E-state index is 12.2. The quantitative estimate of drug-likeness (QED) is 0.238. The Morgan fingerprint density at radius 2 is 1.90 bits per heavy atom. The highest BCUT2D eigenvalue weighted by Gasteiger charge is 2.14. The number of hydrogen-bond donors (Lipinski definition) is 0. The van der Waals surface area contributed by atoms with Crippen LogP contribution < -0.4 is 5.63 Å². The van der Waals surface area contributed by atoms with Crippen molar-refractivity contribution in [3.8, 4) is 5.69 Å². The van der Waals surface area contributed by atoms with E-state index in [-0.39, 0.29) is 5.63 Å². The van der Waals surface area contributed by atoms with E-state index >= 15 is 0 Å². The zero-order valence-corrected chi connectivity index (χ0v) is 17.3. The Hall–Kier alpha value is -3.45. The van der Waals surface area contributed by atoms with E-state index in [2.05, 4.69) is 39.8 Å². The van der Waals surface area contributed by atoms with Crippen molar-refractivity contribution in [1.82, 2.24) is 20.2 Å². The molecular weight excluding hydrogens is 396 g/mol.